The molecule has 0 aromatic carbocycles. The Bertz CT molecular complexity index is 768. The molecule has 0 bridgehead atoms. The minimum Gasteiger partial charge on any atom is -0.481 e. The number of H-pyrrole nitrogens is 1. The highest BCUT2D eigenvalue weighted by Gasteiger charge is 2.43. The molecule has 1 amide bonds. The molecule has 2 fully saturated rings. The number of aromatic amines is 1. The monoisotopic (exact) mass is 356 g/mol. The number of nitrogens with one attached hydrogen (secondary N) is 1. The van der Waals surface area contributed by atoms with E-state index in [-0.39, 0.29) is 36.4 Å². The number of carboxylic acids is 1. The molecule has 2 N–H and O–H groups in total. The van der Waals surface area contributed by atoms with Crippen LogP contribution in [0.3, 0.4) is 0 Å². The predicted molar refractivity (Wildman–Crippen MR) is 82.7 cm³/mol. The zero-order valence-corrected chi connectivity index (χ0v) is 14.3. The molecule has 10 heteroatoms. The highest BCUT2D eigenvalue weighted by atomic mass is 32.2. The van der Waals surface area contributed by atoms with E-state index in [0.717, 1.165) is 0 Å². The molecule has 0 saturated carbocycles. The van der Waals surface area contributed by atoms with Gasteiger partial charge in [-0.15, -0.1) is 0 Å². The van der Waals surface area contributed by atoms with Gasteiger partial charge in [0, 0.05) is 32.1 Å². The van der Waals surface area contributed by atoms with Crippen LogP contribution in [0.1, 0.15) is 24.2 Å². The fourth-order valence-corrected chi connectivity index (χ4v) is 5.31. The molecule has 0 aliphatic carbocycles. The lowest BCUT2D eigenvalue weighted by molar-refractivity contribution is -0.141. The van der Waals surface area contributed by atoms with Crippen molar-refractivity contribution in [3.8, 4) is 0 Å². The first-order chi connectivity index (χ1) is 11.2. The Morgan fingerprint density at radius 2 is 2.04 bits per heavy atom. The van der Waals surface area contributed by atoms with E-state index in [0.29, 0.717) is 24.4 Å². The first kappa shape index (κ1) is 16.9. The summed E-state index contributed by atoms with van der Waals surface area (Å²) in [4.78, 5) is 24.8. The Hall–Kier alpha value is -1.94. The van der Waals surface area contributed by atoms with Gasteiger partial charge in [0.05, 0.1) is 17.3 Å². The first-order valence-electron chi connectivity index (χ1n) is 7.75. The molecular formula is C14H20N4O5S. The van der Waals surface area contributed by atoms with Gasteiger partial charge in [-0.25, -0.2) is 8.42 Å². The van der Waals surface area contributed by atoms with Crippen molar-refractivity contribution < 1.29 is 23.1 Å². The molecule has 2 aliphatic heterocycles. The second-order valence-electron chi connectivity index (χ2n) is 6.35. The Balaban J connectivity index is 1.76. The van der Waals surface area contributed by atoms with Gasteiger partial charge in [0.15, 0.2) is 0 Å². The summed E-state index contributed by atoms with van der Waals surface area (Å²) in [7, 11) is -3.68. The van der Waals surface area contributed by atoms with Crippen molar-refractivity contribution in [2.45, 2.75) is 37.6 Å². The Labute approximate surface area is 139 Å². The SMILES string of the molecule is Cc1n[nH]c(C)c1S(=O)(=O)N1CCC(N2CC(C(=O)O)CC2=O)C1. The molecule has 3 rings (SSSR count). The van der Waals surface area contributed by atoms with Crippen LogP contribution >= 0.6 is 0 Å². The van der Waals surface area contributed by atoms with Crippen LogP contribution in [0, 0.1) is 19.8 Å². The molecular weight excluding hydrogens is 336 g/mol. The lowest BCUT2D eigenvalue weighted by Crippen LogP contribution is -2.40. The molecule has 9 nitrogen and oxygen atoms in total. The Morgan fingerprint density at radius 3 is 2.58 bits per heavy atom. The van der Waals surface area contributed by atoms with E-state index in [1.807, 2.05) is 0 Å². The Kier molecular flexibility index (Phi) is 4.12. The molecule has 24 heavy (non-hydrogen) atoms. The summed E-state index contributed by atoms with van der Waals surface area (Å²) in [6.45, 7) is 3.92. The van der Waals surface area contributed by atoms with Gasteiger partial charge in [-0.2, -0.15) is 9.40 Å². The van der Waals surface area contributed by atoms with Gasteiger partial charge in [0.2, 0.25) is 15.9 Å². The van der Waals surface area contributed by atoms with E-state index in [1.54, 1.807) is 13.8 Å². The first-order valence-corrected chi connectivity index (χ1v) is 9.19. The third kappa shape index (κ3) is 2.69. The van der Waals surface area contributed by atoms with Crippen LogP contribution in [0.15, 0.2) is 4.90 Å². The Morgan fingerprint density at radius 1 is 1.33 bits per heavy atom. The second kappa shape index (κ2) is 5.85. The summed E-state index contributed by atoms with van der Waals surface area (Å²) in [6, 6.07) is -0.274. The molecule has 132 valence electrons. The van der Waals surface area contributed by atoms with Gasteiger partial charge >= 0.3 is 5.97 Å². The summed E-state index contributed by atoms with van der Waals surface area (Å²) >= 11 is 0. The third-order valence-electron chi connectivity index (χ3n) is 4.73. The van der Waals surface area contributed by atoms with Crippen LogP contribution in [-0.2, 0) is 19.6 Å². The minimum absolute atomic E-state index is 0.0153. The second-order valence-corrected chi connectivity index (χ2v) is 8.23. The molecule has 1 aromatic rings. The predicted octanol–water partition coefficient (Wildman–Crippen LogP) is -0.277. The number of rotatable bonds is 4. The van der Waals surface area contributed by atoms with Gasteiger partial charge < -0.3 is 10.0 Å². The van der Waals surface area contributed by atoms with Crippen LogP contribution in [0.2, 0.25) is 0 Å². The summed E-state index contributed by atoms with van der Waals surface area (Å²) in [6.07, 6.45) is 0.492. The van der Waals surface area contributed by atoms with Gasteiger partial charge in [0.25, 0.3) is 0 Å². The van der Waals surface area contributed by atoms with Crippen molar-refractivity contribution in [1.82, 2.24) is 19.4 Å². The minimum atomic E-state index is -3.68. The van der Waals surface area contributed by atoms with E-state index in [2.05, 4.69) is 10.2 Å². The zero-order chi connectivity index (χ0) is 17.6. The van der Waals surface area contributed by atoms with E-state index in [1.165, 1.54) is 9.21 Å². The molecule has 2 unspecified atom stereocenters. The van der Waals surface area contributed by atoms with Crippen molar-refractivity contribution >= 4 is 21.9 Å². The van der Waals surface area contributed by atoms with Crippen LogP contribution < -0.4 is 0 Å². The number of aryl methyl sites for hydroxylation is 2. The third-order valence-corrected chi connectivity index (χ3v) is 6.86. The maximum absolute atomic E-state index is 12.8. The quantitative estimate of drug-likeness (QED) is 0.765. The molecule has 0 radical (unpaired) electrons. The van der Waals surface area contributed by atoms with Crippen molar-refractivity contribution in [3.63, 3.8) is 0 Å². The molecule has 2 aliphatic rings. The average Bonchev–Trinajstić information content (AvgIpc) is 3.18. The van der Waals surface area contributed by atoms with Crippen molar-refractivity contribution in [2.75, 3.05) is 19.6 Å². The maximum atomic E-state index is 12.8. The van der Waals surface area contributed by atoms with Gasteiger partial charge in [-0.1, -0.05) is 0 Å². The molecule has 1 aromatic heterocycles. The topological polar surface area (TPSA) is 124 Å². The van der Waals surface area contributed by atoms with E-state index >= 15 is 0 Å². The normalized spacial score (nSPS) is 25.6. The van der Waals surface area contributed by atoms with Crippen LogP contribution in [0.5, 0.6) is 0 Å². The summed E-state index contributed by atoms with van der Waals surface area (Å²) < 4.78 is 27.0. The standard InChI is InChI=1S/C14H20N4O5S/c1-8-13(9(2)16-15-8)24(22,23)17-4-3-11(7-17)18-6-10(14(20)21)5-12(18)19/h10-11H,3-7H2,1-2H3,(H,15,16)(H,20,21). The van der Waals surface area contributed by atoms with Crippen molar-refractivity contribution in [2.24, 2.45) is 5.92 Å². The van der Waals surface area contributed by atoms with Crippen LogP contribution in [0.25, 0.3) is 0 Å². The number of aromatic nitrogens is 2. The largest absolute Gasteiger partial charge is 0.481 e. The van der Waals surface area contributed by atoms with Crippen molar-refractivity contribution in [3.05, 3.63) is 11.4 Å². The number of hydrogen-bond acceptors (Lipinski definition) is 5. The molecule has 3 heterocycles. The summed E-state index contributed by atoms with van der Waals surface area (Å²) in [5.41, 5.74) is 0.901. The summed E-state index contributed by atoms with van der Waals surface area (Å²) in [5.74, 6) is -1.91. The number of amides is 1. The fraction of sp³-hybridized carbons (Fsp3) is 0.643. The molecule has 2 atom stereocenters. The number of carbonyl (C=O) groups excluding carboxylic acids is 1. The number of carboxylic acid groups (broad SMARTS) is 1. The number of nitrogens with zero attached hydrogens (tertiary/aromatic N) is 3. The maximum Gasteiger partial charge on any atom is 0.308 e. The fourth-order valence-electron chi connectivity index (χ4n) is 3.48. The lowest BCUT2D eigenvalue weighted by atomic mass is 10.1. The number of likely N-dealkylation sites (tertiary alicyclic amines) is 1. The number of hydrogen-bond donors (Lipinski definition) is 2. The number of carbonyl (C=O) groups is 2. The van der Waals surface area contributed by atoms with E-state index in [4.69, 9.17) is 5.11 Å². The van der Waals surface area contributed by atoms with Gasteiger partial charge in [-0.05, 0) is 20.3 Å². The average molecular weight is 356 g/mol. The highest BCUT2D eigenvalue weighted by molar-refractivity contribution is 7.89. The molecule has 2 saturated heterocycles. The number of aliphatic carboxylic acids is 1. The zero-order valence-electron chi connectivity index (χ0n) is 13.5. The highest BCUT2D eigenvalue weighted by Crippen LogP contribution is 2.29. The van der Waals surface area contributed by atoms with Gasteiger partial charge in [0.1, 0.15) is 4.90 Å². The summed E-state index contributed by atoms with van der Waals surface area (Å²) in [5, 5.41) is 15.7. The van der Waals surface area contributed by atoms with Crippen molar-refractivity contribution in [1.29, 1.82) is 0 Å². The number of sulfonamides is 1. The van der Waals surface area contributed by atoms with E-state index in [9.17, 15) is 18.0 Å². The van der Waals surface area contributed by atoms with Crippen LogP contribution in [-0.4, -0.2) is 70.5 Å². The van der Waals surface area contributed by atoms with E-state index < -0.39 is 21.9 Å². The molecule has 0 spiro atoms. The van der Waals surface area contributed by atoms with Crippen LogP contribution in [0.4, 0.5) is 0 Å². The lowest BCUT2D eigenvalue weighted by Gasteiger charge is -2.24. The van der Waals surface area contributed by atoms with Gasteiger partial charge in [-0.3, -0.25) is 14.7 Å². The smallest absolute Gasteiger partial charge is 0.308 e.